The fourth-order valence-corrected chi connectivity index (χ4v) is 3.78. The first-order chi connectivity index (χ1) is 10.7. The molecule has 2 aliphatic rings. The Bertz CT molecular complexity index is 474. The average Bonchev–Trinajstić information content (AvgIpc) is 3.01. The summed E-state index contributed by atoms with van der Waals surface area (Å²) in [7, 11) is 2.11. The highest BCUT2D eigenvalue weighted by molar-refractivity contribution is 5.77. The van der Waals surface area contributed by atoms with Crippen molar-refractivity contribution < 1.29 is 4.79 Å². The quantitative estimate of drug-likeness (QED) is 0.822. The number of carbonyl (C=O) groups excluding carboxylic acids is 1. The van der Waals surface area contributed by atoms with E-state index >= 15 is 0 Å². The minimum atomic E-state index is 0.0358. The molecule has 7 heteroatoms. The van der Waals surface area contributed by atoms with Crippen molar-refractivity contribution in [1.29, 1.82) is 0 Å². The number of piperazine rings is 1. The highest BCUT2D eigenvalue weighted by Gasteiger charge is 2.36. The van der Waals surface area contributed by atoms with E-state index in [1.807, 2.05) is 4.90 Å². The van der Waals surface area contributed by atoms with E-state index in [1.165, 1.54) is 19.3 Å². The lowest BCUT2D eigenvalue weighted by molar-refractivity contribution is -0.136. The minimum Gasteiger partial charge on any atom is -0.340 e. The molecule has 22 heavy (non-hydrogen) atoms. The first kappa shape index (κ1) is 15.4. The van der Waals surface area contributed by atoms with Crippen LogP contribution in [-0.2, 0) is 11.3 Å². The van der Waals surface area contributed by atoms with Gasteiger partial charge in [0.25, 0.3) is 0 Å². The SMILES string of the molecule is CN1CCN(C(=O)CC2(Cn3cnnn3)CCCCC2)CC1. The summed E-state index contributed by atoms with van der Waals surface area (Å²) < 4.78 is 1.79. The van der Waals surface area contributed by atoms with E-state index in [1.54, 1.807) is 11.0 Å². The van der Waals surface area contributed by atoms with Gasteiger partial charge in [-0.1, -0.05) is 19.3 Å². The number of hydrogen-bond donors (Lipinski definition) is 0. The Morgan fingerprint density at radius 3 is 2.50 bits per heavy atom. The zero-order valence-corrected chi connectivity index (χ0v) is 13.4. The molecule has 0 aromatic carbocycles. The van der Waals surface area contributed by atoms with Gasteiger partial charge in [-0.25, -0.2) is 4.68 Å². The normalized spacial score (nSPS) is 22.7. The smallest absolute Gasteiger partial charge is 0.223 e. The van der Waals surface area contributed by atoms with E-state index in [-0.39, 0.29) is 5.41 Å². The van der Waals surface area contributed by atoms with Crippen LogP contribution in [0.1, 0.15) is 38.5 Å². The number of aromatic nitrogens is 4. The van der Waals surface area contributed by atoms with E-state index < -0.39 is 0 Å². The maximum Gasteiger partial charge on any atom is 0.223 e. The Balaban J connectivity index is 1.65. The molecule has 1 amide bonds. The predicted octanol–water partition coefficient (Wildman–Crippen LogP) is 0.788. The van der Waals surface area contributed by atoms with Crippen molar-refractivity contribution in [3.8, 4) is 0 Å². The van der Waals surface area contributed by atoms with Crippen molar-refractivity contribution >= 4 is 5.91 Å². The summed E-state index contributed by atoms with van der Waals surface area (Å²) in [5, 5.41) is 11.5. The molecular weight excluding hydrogens is 280 g/mol. The van der Waals surface area contributed by atoms with Gasteiger partial charge >= 0.3 is 0 Å². The summed E-state index contributed by atoms with van der Waals surface area (Å²) in [4.78, 5) is 17.1. The van der Waals surface area contributed by atoms with Crippen LogP contribution in [0.25, 0.3) is 0 Å². The summed E-state index contributed by atoms with van der Waals surface area (Å²) in [5.74, 6) is 0.308. The molecule has 0 spiro atoms. The molecule has 1 aromatic rings. The van der Waals surface area contributed by atoms with Crippen molar-refractivity contribution in [1.82, 2.24) is 30.0 Å². The Labute approximate surface area is 131 Å². The van der Waals surface area contributed by atoms with Crippen LogP contribution >= 0.6 is 0 Å². The van der Waals surface area contributed by atoms with Crippen molar-refractivity contribution in [2.45, 2.75) is 45.1 Å². The number of likely N-dealkylation sites (N-methyl/N-ethyl adjacent to an activating group) is 1. The third-order valence-electron chi connectivity index (χ3n) is 5.19. The lowest BCUT2D eigenvalue weighted by Gasteiger charge is -2.39. The van der Waals surface area contributed by atoms with Crippen LogP contribution in [0.3, 0.4) is 0 Å². The summed E-state index contributed by atoms with van der Waals surface area (Å²) >= 11 is 0. The van der Waals surface area contributed by atoms with Crippen LogP contribution in [0, 0.1) is 5.41 Å². The van der Waals surface area contributed by atoms with Gasteiger partial charge in [0.05, 0.1) is 6.54 Å². The van der Waals surface area contributed by atoms with Gasteiger partial charge in [-0.2, -0.15) is 0 Å². The van der Waals surface area contributed by atoms with Crippen LogP contribution in [-0.4, -0.2) is 69.1 Å². The molecule has 7 nitrogen and oxygen atoms in total. The second-order valence-corrected chi connectivity index (χ2v) is 6.93. The molecule has 0 atom stereocenters. The maximum atomic E-state index is 12.8. The highest BCUT2D eigenvalue weighted by atomic mass is 16.2. The predicted molar refractivity (Wildman–Crippen MR) is 82.0 cm³/mol. The Morgan fingerprint density at radius 2 is 1.86 bits per heavy atom. The summed E-state index contributed by atoms with van der Waals surface area (Å²) in [6, 6.07) is 0. The first-order valence-corrected chi connectivity index (χ1v) is 8.34. The van der Waals surface area contributed by atoms with Crippen molar-refractivity contribution in [3.05, 3.63) is 6.33 Å². The molecule has 0 radical (unpaired) electrons. The van der Waals surface area contributed by atoms with Gasteiger partial charge in [0.2, 0.25) is 5.91 Å². The van der Waals surface area contributed by atoms with Crippen LogP contribution in [0.2, 0.25) is 0 Å². The third kappa shape index (κ3) is 3.63. The number of nitrogens with zero attached hydrogens (tertiary/aromatic N) is 6. The standard InChI is InChI=1S/C15H26N6O/c1-19-7-9-20(10-8-19)14(22)11-15(5-3-2-4-6-15)12-21-13-16-17-18-21/h13H,2-12H2,1H3. The molecule has 2 heterocycles. The molecule has 2 fully saturated rings. The topological polar surface area (TPSA) is 67.2 Å². The lowest BCUT2D eigenvalue weighted by atomic mass is 9.71. The number of carbonyl (C=O) groups is 1. The van der Waals surface area contributed by atoms with E-state index in [0.29, 0.717) is 12.3 Å². The van der Waals surface area contributed by atoms with Gasteiger partial charge in [0.1, 0.15) is 6.33 Å². The van der Waals surface area contributed by atoms with E-state index in [4.69, 9.17) is 0 Å². The molecule has 0 bridgehead atoms. The largest absolute Gasteiger partial charge is 0.340 e. The molecule has 0 unspecified atom stereocenters. The Hall–Kier alpha value is -1.50. The Morgan fingerprint density at radius 1 is 1.14 bits per heavy atom. The molecular formula is C15H26N6O. The van der Waals surface area contributed by atoms with E-state index in [2.05, 4.69) is 27.5 Å². The number of hydrogen-bond acceptors (Lipinski definition) is 5. The number of amides is 1. The summed E-state index contributed by atoms with van der Waals surface area (Å²) in [6.07, 6.45) is 8.20. The van der Waals surface area contributed by atoms with Crippen LogP contribution < -0.4 is 0 Å². The highest BCUT2D eigenvalue weighted by Crippen LogP contribution is 2.41. The Kier molecular flexibility index (Phi) is 4.71. The third-order valence-corrected chi connectivity index (χ3v) is 5.19. The van der Waals surface area contributed by atoms with Gasteiger partial charge in [0.15, 0.2) is 0 Å². The molecule has 3 rings (SSSR count). The van der Waals surface area contributed by atoms with E-state index in [0.717, 1.165) is 45.6 Å². The fraction of sp³-hybridized carbons (Fsp3) is 0.867. The van der Waals surface area contributed by atoms with Gasteiger partial charge in [0, 0.05) is 32.6 Å². The van der Waals surface area contributed by atoms with Crippen LogP contribution in [0.15, 0.2) is 6.33 Å². The maximum absolute atomic E-state index is 12.8. The zero-order valence-electron chi connectivity index (χ0n) is 13.4. The van der Waals surface area contributed by atoms with Crippen molar-refractivity contribution in [2.75, 3.05) is 33.2 Å². The summed E-state index contributed by atoms with van der Waals surface area (Å²) in [5.41, 5.74) is 0.0358. The molecule has 1 saturated carbocycles. The minimum absolute atomic E-state index is 0.0358. The van der Waals surface area contributed by atoms with Gasteiger partial charge in [-0.3, -0.25) is 4.79 Å². The molecule has 122 valence electrons. The second-order valence-electron chi connectivity index (χ2n) is 6.93. The fourth-order valence-electron chi connectivity index (χ4n) is 3.78. The van der Waals surface area contributed by atoms with Gasteiger partial charge < -0.3 is 9.80 Å². The first-order valence-electron chi connectivity index (χ1n) is 8.34. The zero-order chi connectivity index (χ0) is 15.4. The van der Waals surface area contributed by atoms with Gasteiger partial charge in [-0.05, 0) is 35.7 Å². The van der Waals surface area contributed by atoms with Crippen LogP contribution in [0.4, 0.5) is 0 Å². The molecule has 0 N–H and O–H groups in total. The molecule has 1 aromatic heterocycles. The molecule has 1 aliphatic heterocycles. The van der Waals surface area contributed by atoms with E-state index in [9.17, 15) is 4.79 Å². The summed E-state index contributed by atoms with van der Waals surface area (Å²) in [6.45, 7) is 4.43. The number of rotatable bonds is 4. The lowest BCUT2D eigenvalue weighted by Crippen LogP contribution is -2.48. The molecule has 1 aliphatic carbocycles. The molecule has 1 saturated heterocycles. The van der Waals surface area contributed by atoms with Crippen molar-refractivity contribution in [2.24, 2.45) is 5.41 Å². The number of tetrazole rings is 1. The van der Waals surface area contributed by atoms with Crippen molar-refractivity contribution in [3.63, 3.8) is 0 Å². The van der Waals surface area contributed by atoms with Crippen LogP contribution in [0.5, 0.6) is 0 Å². The monoisotopic (exact) mass is 306 g/mol. The van der Waals surface area contributed by atoms with Gasteiger partial charge in [-0.15, -0.1) is 5.10 Å². The average molecular weight is 306 g/mol. The second kappa shape index (κ2) is 6.73.